The minimum Gasteiger partial charge on any atom is -0.455 e. The van der Waals surface area contributed by atoms with Gasteiger partial charge in [-0.25, -0.2) is 9.59 Å². The van der Waals surface area contributed by atoms with Crippen LogP contribution in [0.4, 0.5) is 4.79 Å². The third-order valence-electron chi connectivity index (χ3n) is 8.20. The summed E-state index contributed by atoms with van der Waals surface area (Å²) in [6.45, 7) is 10.5. The number of fused-ring (bicyclic) bond motifs is 1. The Morgan fingerprint density at radius 3 is 1.65 bits per heavy atom. The second-order valence-corrected chi connectivity index (χ2v) is 18.9. The van der Waals surface area contributed by atoms with Crippen molar-refractivity contribution in [2.75, 3.05) is 10.2 Å². The molecule has 9 nitrogen and oxygen atoms in total. The number of benzene rings is 4. The molecule has 3 amide bonds. The monoisotopic (exact) mass is 891 g/mol. The van der Waals surface area contributed by atoms with Crippen LogP contribution in [0.2, 0.25) is 0 Å². The number of amides is 3. The van der Waals surface area contributed by atoms with Gasteiger partial charge < -0.3 is 20.1 Å². The number of esters is 1. The molecule has 0 radical (unpaired) electrons. The van der Waals surface area contributed by atoms with E-state index in [9.17, 15) is 19.2 Å². The molecule has 1 saturated heterocycles. The van der Waals surface area contributed by atoms with E-state index in [2.05, 4.69) is 124 Å². The average Bonchev–Trinajstić information content (AvgIpc) is 3.16. The zero-order valence-electron chi connectivity index (χ0n) is 31.8. The molecule has 12 heteroatoms. The van der Waals surface area contributed by atoms with Crippen molar-refractivity contribution < 1.29 is 28.7 Å². The van der Waals surface area contributed by atoms with E-state index in [0.717, 1.165) is 5.57 Å². The van der Waals surface area contributed by atoms with Gasteiger partial charge in [0.05, 0.1) is 0 Å². The van der Waals surface area contributed by atoms with Gasteiger partial charge in [-0.05, 0) is 76.5 Å². The molecular weight excluding hydrogens is 844 g/mol. The molecule has 0 aliphatic carbocycles. The number of hydrogen-bond acceptors (Lipinski definition) is 7. The van der Waals surface area contributed by atoms with Crippen molar-refractivity contribution in [3.63, 3.8) is 0 Å². The van der Waals surface area contributed by atoms with Crippen LogP contribution >= 0.6 is 42.3 Å². The number of halogens is 1. The van der Waals surface area contributed by atoms with Gasteiger partial charge in [0.1, 0.15) is 34.4 Å². The van der Waals surface area contributed by atoms with Crippen LogP contribution in [0.15, 0.2) is 133 Å². The van der Waals surface area contributed by atoms with Gasteiger partial charge in [-0.3, -0.25) is 14.5 Å². The van der Waals surface area contributed by atoms with Gasteiger partial charge in [-0.15, -0.1) is 11.8 Å². The molecule has 2 aliphatic rings. The Balaban J connectivity index is 0.000000254. The highest BCUT2D eigenvalue weighted by Gasteiger charge is 2.55. The average molecular weight is 892 g/mol. The zero-order valence-corrected chi connectivity index (χ0v) is 35.7. The van der Waals surface area contributed by atoms with Crippen LogP contribution in [0.5, 0.6) is 0 Å². The molecule has 0 bridgehead atoms. The van der Waals surface area contributed by atoms with Crippen molar-refractivity contribution in [3.05, 3.63) is 138 Å². The summed E-state index contributed by atoms with van der Waals surface area (Å²) in [5, 5.41) is 9.13. The predicted molar refractivity (Wildman–Crippen MR) is 230 cm³/mol. The molecule has 3 atom stereocenters. The topological polar surface area (TPSA) is 114 Å². The molecule has 288 valence electrons. The molecule has 4 aromatic rings. The predicted octanol–water partition coefficient (Wildman–Crippen LogP) is 7.13. The Hall–Kier alpha value is -4.19. The molecule has 2 N–H and O–H groups in total. The number of β-lactam (4-membered cyclic amide) rings is 1. The van der Waals surface area contributed by atoms with Gasteiger partial charge in [0.25, 0.3) is 5.91 Å². The molecule has 0 spiro atoms. The lowest BCUT2D eigenvalue weighted by Crippen LogP contribution is -2.71. The van der Waals surface area contributed by atoms with Crippen molar-refractivity contribution in [1.82, 2.24) is 15.5 Å². The first-order valence-corrected chi connectivity index (χ1v) is 21.8. The minimum absolute atomic E-state index is 0.255. The summed E-state index contributed by atoms with van der Waals surface area (Å²) < 4.78 is 11.5. The Kier molecular flexibility index (Phi) is 14.2. The molecular formula is C43H47IN3O6PS. The van der Waals surface area contributed by atoms with E-state index in [1.807, 2.05) is 0 Å². The molecule has 2 aliphatic heterocycles. The van der Waals surface area contributed by atoms with Crippen LogP contribution < -0.4 is 26.5 Å². The summed E-state index contributed by atoms with van der Waals surface area (Å²) in [7, 11) is -0.446. The molecule has 1 unspecified atom stereocenters. The number of hydrogen-bond donors (Lipinski definition) is 2. The number of carbonyl (C=O) groups is 4. The number of carbonyl (C=O) groups excluding carboxylic acids is 4. The molecule has 6 rings (SSSR count). The SMILES string of the molecule is CC(C)(C)OC(=O)NC(C(=O)N[C@@H]1C(=O)N2C(C(=O)OC(C)(C)C)=C(CI)CS[C@H]12)c1ccccc1.c1ccc(P(c2ccccc2)c2ccccc2)cc1. The van der Waals surface area contributed by atoms with E-state index < -0.39 is 60.5 Å². The molecule has 0 saturated carbocycles. The fraction of sp³-hybridized carbons (Fsp3) is 0.302. The standard InChI is InChI=1S/C25H32IN3O6S.C18H15P/c1-24(2,3)34-22(32)18-15(12-26)13-36-21-17(20(31)29(18)21)27-19(30)16(14-10-8-7-9-11-14)28-23(33)35-25(4,5)6;1-4-10-16(11-5-1)19(17-12-6-2-7-13-17)18-14-8-3-9-15-18/h7-11,16-17,21H,12-13H2,1-6H3,(H,27,30)(H,28,33);1-15H/t16?,17-,21-;/m1./s1. The Morgan fingerprint density at radius 2 is 1.22 bits per heavy atom. The number of ether oxygens (including phenoxy) is 2. The summed E-state index contributed by atoms with van der Waals surface area (Å²) >= 11 is 3.64. The highest BCUT2D eigenvalue weighted by molar-refractivity contribution is 14.1. The van der Waals surface area contributed by atoms with Crippen LogP contribution in [-0.2, 0) is 23.9 Å². The summed E-state index contributed by atoms with van der Waals surface area (Å²) in [4.78, 5) is 53.3. The van der Waals surface area contributed by atoms with Crippen molar-refractivity contribution in [1.29, 1.82) is 0 Å². The molecule has 55 heavy (non-hydrogen) atoms. The minimum atomic E-state index is -1.07. The number of thioether (sulfide) groups is 1. The first-order valence-electron chi connectivity index (χ1n) is 17.9. The van der Waals surface area contributed by atoms with Gasteiger partial charge in [-0.1, -0.05) is 144 Å². The number of alkyl halides is 1. The summed E-state index contributed by atoms with van der Waals surface area (Å²) in [6.07, 6.45) is -0.748. The number of nitrogens with one attached hydrogen (secondary N) is 2. The van der Waals surface area contributed by atoms with Gasteiger partial charge in [-0.2, -0.15) is 0 Å². The molecule has 1 fully saturated rings. The van der Waals surface area contributed by atoms with Crippen molar-refractivity contribution in [2.24, 2.45) is 0 Å². The number of rotatable bonds is 9. The number of alkyl carbamates (subject to hydrolysis) is 1. The Morgan fingerprint density at radius 1 is 0.764 bits per heavy atom. The summed E-state index contributed by atoms with van der Waals surface area (Å²) in [6, 6.07) is 39.1. The second-order valence-electron chi connectivity index (χ2n) is 14.8. The first-order chi connectivity index (χ1) is 26.2. The van der Waals surface area contributed by atoms with E-state index >= 15 is 0 Å². The van der Waals surface area contributed by atoms with Crippen LogP contribution in [0.1, 0.15) is 53.1 Å². The van der Waals surface area contributed by atoms with Gasteiger partial charge in [0.2, 0.25) is 5.91 Å². The van der Waals surface area contributed by atoms with Crippen LogP contribution in [0, 0.1) is 0 Å². The maximum atomic E-state index is 13.3. The van der Waals surface area contributed by atoms with Crippen LogP contribution in [-0.4, -0.2) is 61.6 Å². The third-order valence-corrected chi connectivity index (χ3v) is 12.9. The van der Waals surface area contributed by atoms with E-state index in [1.54, 1.807) is 71.9 Å². The molecule has 4 aromatic carbocycles. The fourth-order valence-corrected chi connectivity index (χ4v) is 10.5. The highest BCUT2D eigenvalue weighted by Crippen LogP contribution is 2.41. The summed E-state index contributed by atoms with van der Waals surface area (Å²) in [5.41, 5.74) is 0.162. The first kappa shape index (κ1) is 42.0. The molecule has 0 aromatic heterocycles. The van der Waals surface area contributed by atoms with Crippen molar-refractivity contribution >= 4 is 82.1 Å². The van der Waals surface area contributed by atoms with Gasteiger partial charge >= 0.3 is 12.1 Å². The van der Waals surface area contributed by atoms with Gasteiger partial charge in [0.15, 0.2) is 0 Å². The highest BCUT2D eigenvalue weighted by atomic mass is 127. The quantitative estimate of drug-likeness (QED) is 0.0605. The Labute approximate surface area is 342 Å². The van der Waals surface area contributed by atoms with Crippen molar-refractivity contribution in [3.8, 4) is 0 Å². The number of nitrogens with zero attached hydrogens (tertiary/aromatic N) is 1. The Bertz CT molecular complexity index is 1880. The van der Waals surface area contributed by atoms with E-state index in [0.29, 0.717) is 15.7 Å². The van der Waals surface area contributed by atoms with Crippen molar-refractivity contribution in [2.45, 2.75) is 70.2 Å². The van der Waals surface area contributed by atoms with Crippen LogP contribution in [0.25, 0.3) is 0 Å². The smallest absolute Gasteiger partial charge is 0.408 e. The van der Waals surface area contributed by atoms with E-state index in [-0.39, 0.29) is 5.70 Å². The zero-order chi connectivity index (χ0) is 39.8. The maximum Gasteiger partial charge on any atom is 0.408 e. The third kappa shape index (κ3) is 11.2. The molecule has 2 heterocycles. The largest absolute Gasteiger partial charge is 0.455 e. The maximum absolute atomic E-state index is 13.3. The fourth-order valence-electron chi connectivity index (χ4n) is 5.89. The second kappa shape index (κ2) is 18.6. The summed E-state index contributed by atoms with van der Waals surface area (Å²) in [5.74, 6) is -0.955. The van der Waals surface area contributed by atoms with Crippen LogP contribution in [0.3, 0.4) is 0 Å². The lowest BCUT2D eigenvalue weighted by Gasteiger charge is -2.50. The van der Waals surface area contributed by atoms with E-state index in [1.165, 1.54) is 32.6 Å². The van der Waals surface area contributed by atoms with E-state index in [4.69, 9.17) is 9.47 Å². The lowest BCUT2D eigenvalue weighted by atomic mass is 10.0. The van der Waals surface area contributed by atoms with Gasteiger partial charge in [0, 0.05) is 10.2 Å². The lowest BCUT2D eigenvalue weighted by molar-refractivity contribution is -0.159. The normalized spacial score (nSPS) is 17.2.